The monoisotopic (exact) mass is 212 g/mol. The van der Waals surface area contributed by atoms with Crippen molar-refractivity contribution in [3.8, 4) is 0 Å². The maximum atomic E-state index is 11.4. The standard InChI is InChI=1S/C9H12N2O4/c1-4-6(3)15-8(11-4)7(12)10-5(2)9(13)14/h5H,1-3H3,(H,10,12)(H,13,14)/t5-/m0/s1. The molecular weight excluding hydrogens is 200 g/mol. The van der Waals surface area contributed by atoms with Crippen LogP contribution in [-0.2, 0) is 4.79 Å². The van der Waals surface area contributed by atoms with Crippen molar-refractivity contribution in [3.63, 3.8) is 0 Å². The molecule has 1 aromatic heterocycles. The topological polar surface area (TPSA) is 92.4 Å². The third kappa shape index (κ3) is 2.55. The number of rotatable bonds is 3. The lowest BCUT2D eigenvalue weighted by Gasteiger charge is -2.05. The van der Waals surface area contributed by atoms with Crippen molar-refractivity contribution in [2.75, 3.05) is 0 Å². The zero-order valence-electron chi connectivity index (χ0n) is 8.70. The van der Waals surface area contributed by atoms with E-state index in [9.17, 15) is 9.59 Å². The highest BCUT2D eigenvalue weighted by molar-refractivity contribution is 5.92. The van der Waals surface area contributed by atoms with Crippen molar-refractivity contribution in [1.29, 1.82) is 0 Å². The molecule has 1 amide bonds. The molecule has 6 nitrogen and oxygen atoms in total. The molecule has 0 radical (unpaired) electrons. The van der Waals surface area contributed by atoms with E-state index in [4.69, 9.17) is 9.52 Å². The Balaban J connectivity index is 2.73. The van der Waals surface area contributed by atoms with E-state index in [2.05, 4.69) is 10.3 Å². The Kier molecular flexibility index (Phi) is 3.08. The molecule has 0 aliphatic rings. The summed E-state index contributed by atoms with van der Waals surface area (Å²) < 4.78 is 5.04. The van der Waals surface area contributed by atoms with Gasteiger partial charge in [0.25, 0.3) is 5.89 Å². The average molecular weight is 212 g/mol. The lowest BCUT2D eigenvalue weighted by Crippen LogP contribution is -2.38. The summed E-state index contributed by atoms with van der Waals surface area (Å²) >= 11 is 0. The first-order valence-corrected chi connectivity index (χ1v) is 4.39. The van der Waals surface area contributed by atoms with Gasteiger partial charge in [-0.25, -0.2) is 4.98 Å². The molecule has 0 aromatic carbocycles. The van der Waals surface area contributed by atoms with Gasteiger partial charge in [-0.2, -0.15) is 0 Å². The summed E-state index contributed by atoms with van der Waals surface area (Å²) in [7, 11) is 0. The third-order valence-corrected chi connectivity index (χ3v) is 1.94. The highest BCUT2D eigenvalue weighted by Crippen LogP contribution is 2.07. The van der Waals surface area contributed by atoms with Gasteiger partial charge in [0.2, 0.25) is 0 Å². The second-order valence-corrected chi connectivity index (χ2v) is 3.19. The number of hydrogen-bond donors (Lipinski definition) is 2. The number of carboxylic acid groups (broad SMARTS) is 1. The molecule has 0 bridgehead atoms. The number of aryl methyl sites for hydroxylation is 2. The second-order valence-electron chi connectivity index (χ2n) is 3.19. The number of amides is 1. The van der Waals surface area contributed by atoms with Crippen LogP contribution >= 0.6 is 0 Å². The smallest absolute Gasteiger partial charge is 0.325 e. The normalized spacial score (nSPS) is 12.2. The summed E-state index contributed by atoms with van der Waals surface area (Å²) in [4.78, 5) is 25.7. The number of hydrogen-bond acceptors (Lipinski definition) is 4. The number of aliphatic carboxylic acids is 1. The zero-order chi connectivity index (χ0) is 11.6. The first-order chi connectivity index (χ1) is 6.91. The van der Waals surface area contributed by atoms with E-state index < -0.39 is 17.9 Å². The van der Waals surface area contributed by atoms with Gasteiger partial charge in [0.05, 0.1) is 5.69 Å². The molecule has 15 heavy (non-hydrogen) atoms. The molecule has 0 saturated heterocycles. The maximum absolute atomic E-state index is 11.4. The van der Waals surface area contributed by atoms with Gasteiger partial charge in [-0.3, -0.25) is 9.59 Å². The van der Waals surface area contributed by atoms with Crippen LogP contribution in [0, 0.1) is 13.8 Å². The number of nitrogens with one attached hydrogen (secondary N) is 1. The Morgan fingerprint density at radius 1 is 1.47 bits per heavy atom. The van der Waals surface area contributed by atoms with Crippen molar-refractivity contribution in [2.45, 2.75) is 26.8 Å². The number of aromatic nitrogens is 1. The van der Waals surface area contributed by atoms with Gasteiger partial charge in [-0.15, -0.1) is 0 Å². The van der Waals surface area contributed by atoms with Gasteiger partial charge in [-0.05, 0) is 20.8 Å². The highest BCUT2D eigenvalue weighted by atomic mass is 16.4. The first kappa shape index (κ1) is 11.2. The van der Waals surface area contributed by atoms with Gasteiger partial charge < -0.3 is 14.8 Å². The zero-order valence-corrected chi connectivity index (χ0v) is 8.70. The van der Waals surface area contributed by atoms with Crippen molar-refractivity contribution in [1.82, 2.24) is 10.3 Å². The number of carbonyl (C=O) groups excluding carboxylic acids is 1. The highest BCUT2D eigenvalue weighted by Gasteiger charge is 2.19. The Hall–Kier alpha value is -1.85. The van der Waals surface area contributed by atoms with Crippen molar-refractivity contribution < 1.29 is 19.1 Å². The molecule has 0 aliphatic heterocycles. The Bertz CT molecular complexity index is 377. The molecule has 6 heteroatoms. The summed E-state index contributed by atoms with van der Waals surface area (Å²) in [5.41, 5.74) is 0.614. The molecular formula is C9H12N2O4. The summed E-state index contributed by atoms with van der Waals surface area (Å²) in [6.07, 6.45) is 0. The molecule has 1 rings (SSSR count). The molecule has 1 atom stereocenters. The molecule has 1 aromatic rings. The largest absolute Gasteiger partial charge is 0.480 e. The Morgan fingerprint density at radius 2 is 2.07 bits per heavy atom. The molecule has 2 N–H and O–H groups in total. The quantitative estimate of drug-likeness (QED) is 0.760. The summed E-state index contributed by atoms with van der Waals surface area (Å²) in [6.45, 7) is 4.75. The molecule has 0 unspecified atom stereocenters. The minimum Gasteiger partial charge on any atom is -0.480 e. The minimum atomic E-state index is -1.11. The van der Waals surface area contributed by atoms with Gasteiger partial charge in [0.15, 0.2) is 0 Å². The van der Waals surface area contributed by atoms with Gasteiger partial charge in [0.1, 0.15) is 11.8 Å². The predicted molar refractivity (Wildman–Crippen MR) is 50.5 cm³/mol. The van der Waals surface area contributed by atoms with Crippen molar-refractivity contribution in [2.24, 2.45) is 0 Å². The van der Waals surface area contributed by atoms with Crippen LogP contribution in [0.2, 0.25) is 0 Å². The van der Waals surface area contributed by atoms with Crippen LogP contribution in [0.5, 0.6) is 0 Å². The van der Waals surface area contributed by atoms with Crippen LogP contribution in [0.4, 0.5) is 0 Å². The fourth-order valence-electron chi connectivity index (χ4n) is 0.890. The molecule has 0 aliphatic carbocycles. The SMILES string of the molecule is Cc1nc(C(=O)N[C@@H](C)C(=O)O)oc1C. The van der Waals surface area contributed by atoms with Gasteiger partial charge in [0, 0.05) is 0 Å². The van der Waals surface area contributed by atoms with Crippen LogP contribution in [-0.4, -0.2) is 28.0 Å². The van der Waals surface area contributed by atoms with E-state index in [1.807, 2.05) is 0 Å². The van der Waals surface area contributed by atoms with E-state index in [-0.39, 0.29) is 5.89 Å². The number of oxazole rings is 1. The van der Waals surface area contributed by atoms with Crippen LogP contribution in [0.3, 0.4) is 0 Å². The molecule has 1 heterocycles. The molecule has 0 fully saturated rings. The summed E-state index contributed by atoms with van der Waals surface area (Å²) in [5, 5.41) is 10.8. The number of nitrogens with zero attached hydrogens (tertiary/aromatic N) is 1. The van der Waals surface area contributed by atoms with Crippen molar-refractivity contribution in [3.05, 3.63) is 17.3 Å². The lowest BCUT2D eigenvalue weighted by atomic mass is 10.3. The van der Waals surface area contributed by atoms with Crippen LogP contribution < -0.4 is 5.32 Å². The lowest BCUT2D eigenvalue weighted by molar-refractivity contribution is -0.138. The molecule has 0 spiro atoms. The predicted octanol–water partition coefficient (Wildman–Crippen LogP) is 0.494. The molecule has 82 valence electrons. The minimum absolute atomic E-state index is 0.113. The van der Waals surface area contributed by atoms with Gasteiger partial charge >= 0.3 is 11.9 Å². The van der Waals surface area contributed by atoms with E-state index in [0.717, 1.165) is 0 Å². The Labute approximate surface area is 86.3 Å². The fourth-order valence-corrected chi connectivity index (χ4v) is 0.890. The average Bonchev–Trinajstić information content (AvgIpc) is 2.46. The van der Waals surface area contributed by atoms with E-state index in [1.54, 1.807) is 13.8 Å². The van der Waals surface area contributed by atoms with Crippen molar-refractivity contribution >= 4 is 11.9 Å². The fraction of sp³-hybridized carbons (Fsp3) is 0.444. The summed E-state index contributed by atoms with van der Waals surface area (Å²) in [6, 6.07) is -0.968. The Morgan fingerprint density at radius 3 is 2.47 bits per heavy atom. The third-order valence-electron chi connectivity index (χ3n) is 1.94. The van der Waals surface area contributed by atoms with Crippen LogP contribution in [0.25, 0.3) is 0 Å². The first-order valence-electron chi connectivity index (χ1n) is 4.39. The number of carboxylic acids is 1. The second kappa shape index (κ2) is 4.12. The van der Waals surface area contributed by atoms with Crippen LogP contribution in [0.15, 0.2) is 4.42 Å². The van der Waals surface area contributed by atoms with E-state index >= 15 is 0 Å². The van der Waals surface area contributed by atoms with E-state index in [1.165, 1.54) is 6.92 Å². The molecule has 0 saturated carbocycles. The summed E-state index contributed by atoms with van der Waals surface area (Å²) in [5.74, 6) is -1.30. The number of carbonyl (C=O) groups is 2. The maximum Gasteiger partial charge on any atom is 0.325 e. The van der Waals surface area contributed by atoms with E-state index in [0.29, 0.717) is 11.5 Å². The van der Waals surface area contributed by atoms with Gasteiger partial charge in [-0.1, -0.05) is 0 Å². The van der Waals surface area contributed by atoms with Crippen LogP contribution in [0.1, 0.15) is 29.1 Å².